The van der Waals surface area contributed by atoms with Gasteiger partial charge in [0.15, 0.2) is 0 Å². The maximum absolute atomic E-state index is 10.4. The molecule has 0 saturated carbocycles. The standard InChI is InChI=1S/C6H11ClO4/c7-5-6(9)11-4-3-10-2-1-8/h8H,1-5H2. The number of hydrogen-bond donors (Lipinski definition) is 1. The third kappa shape index (κ3) is 7.58. The Bertz CT molecular complexity index is 107. The molecule has 0 unspecified atom stereocenters. The van der Waals surface area contributed by atoms with E-state index in [1.165, 1.54) is 0 Å². The van der Waals surface area contributed by atoms with Gasteiger partial charge in [0, 0.05) is 0 Å². The third-order valence-corrected chi connectivity index (χ3v) is 1.05. The topological polar surface area (TPSA) is 55.8 Å². The van der Waals surface area contributed by atoms with Crippen LogP contribution in [0.1, 0.15) is 0 Å². The van der Waals surface area contributed by atoms with Crippen molar-refractivity contribution in [2.45, 2.75) is 0 Å². The molecule has 0 spiro atoms. The first-order valence-electron chi connectivity index (χ1n) is 3.21. The minimum atomic E-state index is -0.459. The minimum Gasteiger partial charge on any atom is -0.462 e. The van der Waals surface area contributed by atoms with Crippen molar-refractivity contribution in [2.75, 3.05) is 32.3 Å². The highest BCUT2D eigenvalue weighted by Crippen LogP contribution is 1.83. The van der Waals surface area contributed by atoms with E-state index in [-0.39, 0.29) is 25.7 Å². The van der Waals surface area contributed by atoms with Gasteiger partial charge in [-0.05, 0) is 0 Å². The van der Waals surface area contributed by atoms with E-state index in [1.54, 1.807) is 0 Å². The molecule has 0 rings (SSSR count). The van der Waals surface area contributed by atoms with Gasteiger partial charge in [0.05, 0.1) is 19.8 Å². The fraction of sp³-hybridized carbons (Fsp3) is 0.833. The maximum atomic E-state index is 10.4. The van der Waals surface area contributed by atoms with Gasteiger partial charge in [-0.3, -0.25) is 4.79 Å². The second-order valence-corrected chi connectivity index (χ2v) is 1.96. The SMILES string of the molecule is O=C(CCl)OCCOCCO. The molecule has 0 atom stereocenters. The number of aliphatic hydroxyl groups is 1. The normalized spacial score (nSPS) is 9.64. The molecule has 0 heterocycles. The van der Waals surface area contributed by atoms with Crippen LogP contribution in [-0.4, -0.2) is 43.4 Å². The molecule has 0 aliphatic rings. The monoisotopic (exact) mass is 182 g/mol. The lowest BCUT2D eigenvalue weighted by Crippen LogP contribution is -2.12. The molecule has 11 heavy (non-hydrogen) atoms. The van der Waals surface area contributed by atoms with E-state index in [4.69, 9.17) is 21.4 Å². The lowest BCUT2D eigenvalue weighted by Gasteiger charge is -2.02. The Morgan fingerprint density at radius 1 is 1.36 bits per heavy atom. The van der Waals surface area contributed by atoms with E-state index in [0.717, 1.165) is 0 Å². The number of ether oxygens (including phenoxy) is 2. The average molecular weight is 183 g/mol. The maximum Gasteiger partial charge on any atom is 0.320 e. The zero-order valence-electron chi connectivity index (χ0n) is 6.09. The molecule has 0 bridgehead atoms. The number of rotatable bonds is 6. The van der Waals surface area contributed by atoms with Crippen LogP contribution in [0.4, 0.5) is 0 Å². The minimum absolute atomic E-state index is 0.0244. The summed E-state index contributed by atoms with van der Waals surface area (Å²) in [7, 11) is 0. The molecule has 66 valence electrons. The number of aliphatic hydroxyl groups excluding tert-OH is 1. The number of hydrogen-bond acceptors (Lipinski definition) is 4. The first-order chi connectivity index (χ1) is 5.31. The van der Waals surface area contributed by atoms with Crippen molar-refractivity contribution in [1.82, 2.24) is 0 Å². The van der Waals surface area contributed by atoms with Crippen LogP contribution in [0.3, 0.4) is 0 Å². The molecule has 4 nitrogen and oxygen atoms in total. The molecule has 0 aromatic heterocycles. The molecule has 0 amide bonds. The van der Waals surface area contributed by atoms with Crippen LogP contribution in [0.25, 0.3) is 0 Å². The average Bonchev–Trinajstić information content (AvgIpc) is 2.04. The summed E-state index contributed by atoms with van der Waals surface area (Å²) in [5, 5.41) is 8.27. The van der Waals surface area contributed by atoms with Gasteiger partial charge in [0.25, 0.3) is 0 Å². The zero-order chi connectivity index (χ0) is 8.53. The van der Waals surface area contributed by atoms with Crippen LogP contribution >= 0.6 is 11.6 Å². The Morgan fingerprint density at radius 3 is 2.64 bits per heavy atom. The largest absolute Gasteiger partial charge is 0.462 e. The van der Waals surface area contributed by atoms with Gasteiger partial charge < -0.3 is 14.6 Å². The summed E-state index contributed by atoms with van der Waals surface area (Å²) in [4.78, 5) is 10.4. The van der Waals surface area contributed by atoms with Gasteiger partial charge in [-0.15, -0.1) is 11.6 Å². The van der Waals surface area contributed by atoms with Crippen molar-refractivity contribution >= 4 is 17.6 Å². The van der Waals surface area contributed by atoms with E-state index in [1.807, 2.05) is 0 Å². The van der Waals surface area contributed by atoms with E-state index in [0.29, 0.717) is 6.61 Å². The Labute approximate surface area is 70.1 Å². The van der Waals surface area contributed by atoms with Crippen molar-refractivity contribution in [3.8, 4) is 0 Å². The summed E-state index contributed by atoms with van der Waals surface area (Å²) >= 11 is 5.14. The first-order valence-corrected chi connectivity index (χ1v) is 3.75. The van der Waals surface area contributed by atoms with Crippen LogP contribution in [0.2, 0.25) is 0 Å². The van der Waals surface area contributed by atoms with Crippen molar-refractivity contribution in [1.29, 1.82) is 0 Å². The summed E-state index contributed by atoms with van der Waals surface area (Å²) in [6.07, 6.45) is 0. The molecule has 0 aromatic carbocycles. The number of carbonyl (C=O) groups excluding carboxylic acids is 1. The molecule has 0 radical (unpaired) electrons. The predicted octanol–water partition coefficient (Wildman–Crippen LogP) is -0.223. The van der Waals surface area contributed by atoms with Gasteiger partial charge in [-0.2, -0.15) is 0 Å². The van der Waals surface area contributed by atoms with Gasteiger partial charge >= 0.3 is 5.97 Å². The van der Waals surface area contributed by atoms with Gasteiger partial charge in [-0.1, -0.05) is 0 Å². The van der Waals surface area contributed by atoms with Crippen molar-refractivity contribution < 1.29 is 19.4 Å². The quantitative estimate of drug-likeness (QED) is 0.351. The lowest BCUT2D eigenvalue weighted by molar-refractivity contribution is -0.142. The van der Waals surface area contributed by atoms with Gasteiger partial charge in [0.1, 0.15) is 12.5 Å². The third-order valence-electron chi connectivity index (χ3n) is 0.835. The highest BCUT2D eigenvalue weighted by Gasteiger charge is 1.97. The van der Waals surface area contributed by atoms with Crippen LogP contribution in [-0.2, 0) is 14.3 Å². The van der Waals surface area contributed by atoms with Crippen molar-refractivity contribution in [2.24, 2.45) is 0 Å². The highest BCUT2D eigenvalue weighted by atomic mass is 35.5. The summed E-state index contributed by atoms with van der Waals surface area (Å²) in [5.41, 5.74) is 0. The summed E-state index contributed by atoms with van der Waals surface area (Å²) in [6, 6.07) is 0. The van der Waals surface area contributed by atoms with E-state index in [9.17, 15) is 4.79 Å². The Balaban J connectivity index is 2.95. The van der Waals surface area contributed by atoms with Gasteiger partial charge in [-0.25, -0.2) is 0 Å². The Morgan fingerprint density at radius 2 is 2.09 bits per heavy atom. The summed E-state index contributed by atoms with van der Waals surface area (Å²) in [6.45, 7) is 0.719. The number of esters is 1. The van der Waals surface area contributed by atoms with Gasteiger partial charge in [0.2, 0.25) is 0 Å². The number of halogens is 1. The van der Waals surface area contributed by atoms with Crippen LogP contribution in [0, 0.1) is 0 Å². The Kier molecular flexibility index (Phi) is 7.56. The van der Waals surface area contributed by atoms with E-state index < -0.39 is 5.97 Å². The smallest absolute Gasteiger partial charge is 0.320 e. The second-order valence-electron chi connectivity index (χ2n) is 1.69. The van der Waals surface area contributed by atoms with Crippen LogP contribution < -0.4 is 0 Å². The summed E-state index contributed by atoms with van der Waals surface area (Å²) in [5.74, 6) is -0.598. The summed E-state index contributed by atoms with van der Waals surface area (Å²) < 4.78 is 9.37. The number of alkyl halides is 1. The molecule has 1 N–H and O–H groups in total. The Hall–Kier alpha value is -0.320. The number of carbonyl (C=O) groups is 1. The molecule has 0 aliphatic carbocycles. The van der Waals surface area contributed by atoms with E-state index in [2.05, 4.69) is 4.74 Å². The molecule has 0 saturated heterocycles. The second kappa shape index (κ2) is 7.78. The van der Waals surface area contributed by atoms with E-state index >= 15 is 0 Å². The zero-order valence-corrected chi connectivity index (χ0v) is 6.84. The molecule has 0 fully saturated rings. The van der Waals surface area contributed by atoms with Crippen molar-refractivity contribution in [3.05, 3.63) is 0 Å². The molecule has 0 aromatic rings. The predicted molar refractivity (Wildman–Crippen MR) is 39.6 cm³/mol. The fourth-order valence-electron chi connectivity index (χ4n) is 0.420. The molecular weight excluding hydrogens is 172 g/mol. The molecule has 0 aliphatic heterocycles. The first kappa shape index (κ1) is 10.7. The van der Waals surface area contributed by atoms with Crippen molar-refractivity contribution in [3.63, 3.8) is 0 Å². The lowest BCUT2D eigenvalue weighted by atomic mass is 10.7. The molecule has 5 heteroatoms. The molecular formula is C6H11ClO4. The van der Waals surface area contributed by atoms with Crippen LogP contribution in [0.15, 0.2) is 0 Å². The fourth-order valence-corrected chi connectivity index (χ4v) is 0.497. The highest BCUT2D eigenvalue weighted by molar-refractivity contribution is 6.26. The van der Waals surface area contributed by atoms with Crippen LogP contribution in [0.5, 0.6) is 0 Å².